The lowest BCUT2D eigenvalue weighted by Gasteiger charge is -2.09. The maximum absolute atomic E-state index is 13.1. The molecule has 12 heteroatoms. The summed E-state index contributed by atoms with van der Waals surface area (Å²) in [6.07, 6.45) is -3.87. The van der Waals surface area contributed by atoms with E-state index in [4.69, 9.17) is 9.88 Å². The highest BCUT2D eigenvalue weighted by Gasteiger charge is 2.38. The van der Waals surface area contributed by atoms with Gasteiger partial charge in [-0.05, 0) is 24.3 Å². The third kappa shape index (κ3) is 3.75. The second-order valence-electron chi connectivity index (χ2n) is 5.27. The van der Waals surface area contributed by atoms with E-state index in [1.165, 1.54) is 19.2 Å². The summed E-state index contributed by atoms with van der Waals surface area (Å²) in [5, 5.41) is 8.47. The van der Waals surface area contributed by atoms with Gasteiger partial charge in [0.2, 0.25) is 10.0 Å². The number of nitrogens with zero attached hydrogens (tertiary/aromatic N) is 4. The quantitative estimate of drug-likeness (QED) is 0.718. The van der Waals surface area contributed by atoms with Crippen molar-refractivity contribution in [2.24, 2.45) is 5.14 Å². The highest BCUT2D eigenvalue weighted by molar-refractivity contribution is 7.89. The number of rotatable bonds is 4. The third-order valence-electron chi connectivity index (χ3n) is 3.47. The summed E-state index contributed by atoms with van der Waals surface area (Å²) >= 11 is 0. The Hall–Kier alpha value is -2.99. The molecule has 0 unspecified atom stereocenters. The van der Waals surface area contributed by atoms with Crippen LogP contribution in [0, 0.1) is 0 Å². The maximum Gasteiger partial charge on any atom is 0.453 e. The van der Waals surface area contributed by atoms with Gasteiger partial charge in [-0.25, -0.2) is 23.5 Å². The van der Waals surface area contributed by atoms with Gasteiger partial charge in [0.25, 0.3) is 5.82 Å². The number of sulfonamides is 1. The van der Waals surface area contributed by atoms with Crippen molar-refractivity contribution in [3.05, 3.63) is 48.4 Å². The standard InChI is InChI=1S/C15H12F3N5O3S/c1-26-11-5-3-2-4-10(11)13-21-14(15(16,17)18)22-23(13)12-7-6-9(8-20-12)27(19,24)25/h2-8H,1H3,(H2,19,24,25). The molecular formula is C15H12F3N5O3S. The highest BCUT2D eigenvalue weighted by Crippen LogP contribution is 2.33. The Morgan fingerprint density at radius 3 is 2.41 bits per heavy atom. The summed E-state index contributed by atoms with van der Waals surface area (Å²) < 4.78 is 68.1. The fourth-order valence-electron chi connectivity index (χ4n) is 2.26. The first-order valence-electron chi connectivity index (χ1n) is 7.28. The Morgan fingerprint density at radius 1 is 1.15 bits per heavy atom. The Labute approximate surface area is 151 Å². The van der Waals surface area contributed by atoms with Crippen LogP contribution in [0.1, 0.15) is 5.82 Å². The molecule has 2 heterocycles. The third-order valence-corrected chi connectivity index (χ3v) is 4.37. The van der Waals surface area contributed by atoms with Crippen molar-refractivity contribution in [1.82, 2.24) is 19.7 Å². The first kappa shape index (κ1) is 18.8. The number of para-hydroxylation sites is 1. The summed E-state index contributed by atoms with van der Waals surface area (Å²) in [6, 6.07) is 8.60. The smallest absolute Gasteiger partial charge is 0.453 e. The topological polar surface area (TPSA) is 113 Å². The molecule has 0 spiro atoms. The summed E-state index contributed by atoms with van der Waals surface area (Å²) in [6.45, 7) is 0. The van der Waals surface area contributed by atoms with E-state index in [9.17, 15) is 21.6 Å². The number of alkyl halides is 3. The van der Waals surface area contributed by atoms with Crippen LogP contribution in [0.2, 0.25) is 0 Å². The van der Waals surface area contributed by atoms with E-state index in [1.54, 1.807) is 18.2 Å². The second kappa shape index (κ2) is 6.63. The lowest BCUT2D eigenvalue weighted by molar-refractivity contribution is -0.144. The van der Waals surface area contributed by atoms with Gasteiger partial charge in [0.15, 0.2) is 11.6 Å². The molecule has 3 rings (SSSR count). The molecule has 0 fully saturated rings. The fourth-order valence-corrected chi connectivity index (χ4v) is 2.72. The number of ether oxygens (including phenoxy) is 1. The molecule has 2 N–H and O–H groups in total. The summed E-state index contributed by atoms with van der Waals surface area (Å²) in [5.74, 6) is -1.34. The van der Waals surface area contributed by atoms with Crippen molar-refractivity contribution in [2.45, 2.75) is 11.1 Å². The molecule has 0 bridgehead atoms. The predicted molar refractivity (Wildman–Crippen MR) is 87.5 cm³/mol. The molecule has 0 saturated heterocycles. The van der Waals surface area contributed by atoms with E-state index in [0.717, 1.165) is 16.9 Å². The van der Waals surface area contributed by atoms with Crippen LogP contribution >= 0.6 is 0 Å². The molecule has 0 aliphatic carbocycles. The monoisotopic (exact) mass is 399 g/mol. The molecule has 3 aromatic rings. The number of hydrogen-bond donors (Lipinski definition) is 1. The van der Waals surface area contributed by atoms with Gasteiger partial charge in [0.05, 0.1) is 12.7 Å². The van der Waals surface area contributed by atoms with Gasteiger partial charge in [-0.1, -0.05) is 12.1 Å². The van der Waals surface area contributed by atoms with Gasteiger partial charge < -0.3 is 4.74 Å². The van der Waals surface area contributed by atoms with E-state index in [1.807, 2.05) is 0 Å². The predicted octanol–water partition coefficient (Wildman–Crippen LogP) is 2.00. The first-order valence-corrected chi connectivity index (χ1v) is 8.83. The van der Waals surface area contributed by atoms with E-state index in [2.05, 4.69) is 15.1 Å². The number of halogens is 3. The molecule has 0 saturated carbocycles. The Balaban J connectivity index is 2.21. The van der Waals surface area contributed by atoms with Gasteiger partial charge in [-0.2, -0.15) is 17.9 Å². The van der Waals surface area contributed by atoms with Crippen molar-refractivity contribution in [3.8, 4) is 23.0 Å². The minimum absolute atomic E-state index is 0.0775. The van der Waals surface area contributed by atoms with Crippen LogP contribution in [-0.2, 0) is 16.2 Å². The lowest BCUT2D eigenvalue weighted by Crippen LogP contribution is -2.13. The highest BCUT2D eigenvalue weighted by atomic mass is 32.2. The van der Waals surface area contributed by atoms with E-state index < -0.39 is 22.0 Å². The van der Waals surface area contributed by atoms with Gasteiger partial charge in [-0.3, -0.25) is 0 Å². The van der Waals surface area contributed by atoms with Crippen LogP contribution in [0.25, 0.3) is 17.2 Å². The van der Waals surface area contributed by atoms with Gasteiger partial charge >= 0.3 is 6.18 Å². The zero-order chi connectivity index (χ0) is 19.8. The molecule has 1 aromatic carbocycles. The SMILES string of the molecule is COc1ccccc1-c1nc(C(F)(F)F)nn1-c1ccc(S(N)(=O)=O)cn1. The largest absolute Gasteiger partial charge is 0.496 e. The zero-order valence-electron chi connectivity index (χ0n) is 13.7. The maximum atomic E-state index is 13.1. The van der Waals surface area contributed by atoms with Crippen molar-refractivity contribution < 1.29 is 26.3 Å². The minimum atomic E-state index is -4.79. The van der Waals surface area contributed by atoms with Gasteiger partial charge in [0.1, 0.15) is 10.6 Å². The molecule has 0 aliphatic rings. The average Bonchev–Trinajstić information content (AvgIpc) is 3.06. The van der Waals surface area contributed by atoms with Crippen LogP contribution in [0.5, 0.6) is 5.75 Å². The minimum Gasteiger partial charge on any atom is -0.496 e. The number of methoxy groups -OCH3 is 1. The molecule has 0 amide bonds. The van der Waals surface area contributed by atoms with Crippen molar-refractivity contribution in [3.63, 3.8) is 0 Å². The number of aromatic nitrogens is 4. The van der Waals surface area contributed by atoms with Crippen molar-refractivity contribution in [1.29, 1.82) is 0 Å². The van der Waals surface area contributed by atoms with Crippen LogP contribution in [0.15, 0.2) is 47.5 Å². The van der Waals surface area contributed by atoms with Crippen LogP contribution < -0.4 is 9.88 Å². The van der Waals surface area contributed by atoms with E-state index in [0.29, 0.717) is 0 Å². The van der Waals surface area contributed by atoms with Crippen LogP contribution in [-0.4, -0.2) is 35.3 Å². The summed E-state index contributed by atoms with van der Waals surface area (Å²) in [4.78, 5) is 7.13. The summed E-state index contributed by atoms with van der Waals surface area (Å²) in [5.41, 5.74) is 0.250. The van der Waals surface area contributed by atoms with Gasteiger partial charge in [-0.15, -0.1) is 5.10 Å². The van der Waals surface area contributed by atoms with Crippen molar-refractivity contribution >= 4 is 10.0 Å². The number of hydrogen-bond acceptors (Lipinski definition) is 6. The van der Waals surface area contributed by atoms with E-state index >= 15 is 0 Å². The number of pyridine rings is 1. The molecule has 0 atom stereocenters. The Bertz CT molecular complexity index is 1080. The zero-order valence-corrected chi connectivity index (χ0v) is 14.5. The normalized spacial score (nSPS) is 12.2. The molecular weight excluding hydrogens is 387 g/mol. The second-order valence-corrected chi connectivity index (χ2v) is 6.83. The molecule has 0 radical (unpaired) electrons. The molecule has 0 aliphatic heterocycles. The van der Waals surface area contributed by atoms with E-state index in [-0.39, 0.29) is 27.9 Å². The molecule has 2 aromatic heterocycles. The Kier molecular flexibility index (Phi) is 4.61. The van der Waals surface area contributed by atoms with Crippen LogP contribution in [0.4, 0.5) is 13.2 Å². The molecule has 142 valence electrons. The first-order chi connectivity index (χ1) is 12.6. The number of benzene rings is 1. The van der Waals surface area contributed by atoms with Crippen molar-refractivity contribution in [2.75, 3.05) is 7.11 Å². The fraction of sp³-hybridized carbons (Fsp3) is 0.133. The molecule has 27 heavy (non-hydrogen) atoms. The number of nitrogens with two attached hydrogens (primary N) is 1. The number of primary sulfonamides is 1. The molecule has 8 nitrogen and oxygen atoms in total. The Morgan fingerprint density at radius 2 is 1.85 bits per heavy atom. The van der Waals surface area contributed by atoms with Crippen LogP contribution in [0.3, 0.4) is 0 Å². The van der Waals surface area contributed by atoms with Gasteiger partial charge in [0, 0.05) is 6.20 Å². The average molecular weight is 399 g/mol. The summed E-state index contributed by atoms with van der Waals surface area (Å²) in [7, 11) is -2.64. The lowest BCUT2D eigenvalue weighted by atomic mass is 10.2.